The van der Waals surface area contributed by atoms with Gasteiger partial charge in [0.25, 0.3) is 0 Å². The summed E-state index contributed by atoms with van der Waals surface area (Å²) < 4.78 is 33.0. The fourth-order valence-corrected chi connectivity index (χ4v) is 2.14. The molecule has 3 aliphatic heterocycles. The van der Waals surface area contributed by atoms with Gasteiger partial charge < -0.3 is 28.4 Å². The van der Waals surface area contributed by atoms with Crippen LogP contribution >= 0.6 is 0 Å². The molecule has 3 heterocycles. The lowest BCUT2D eigenvalue weighted by Crippen LogP contribution is -2.38. The van der Waals surface area contributed by atoms with Gasteiger partial charge in [0.2, 0.25) is 0 Å². The Kier molecular flexibility index (Phi) is 5.48. The Morgan fingerprint density at radius 2 is 1.10 bits per heavy atom. The van der Waals surface area contributed by atoms with Crippen LogP contribution in [0.25, 0.3) is 0 Å². The summed E-state index contributed by atoms with van der Waals surface area (Å²) in [5.41, 5.74) is -0.0985. The molecule has 0 aromatic rings. The summed E-state index contributed by atoms with van der Waals surface area (Å²) in [7, 11) is 0. The van der Waals surface area contributed by atoms with Gasteiger partial charge in [0.15, 0.2) is 0 Å². The van der Waals surface area contributed by atoms with Crippen LogP contribution in [0.15, 0.2) is 0 Å². The average Bonchev–Trinajstić information content (AvgIpc) is 3.34. The van der Waals surface area contributed by atoms with E-state index < -0.39 is 0 Å². The number of hydrogen-bond donors (Lipinski definition) is 0. The van der Waals surface area contributed by atoms with Crippen LogP contribution in [-0.2, 0) is 28.4 Å². The van der Waals surface area contributed by atoms with E-state index in [1.165, 1.54) is 0 Å². The second-order valence-electron chi connectivity index (χ2n) is 6.26. The van der Waals surface area contributed by atoms with E-state index >= 15 is 0 Å². The molecule has 0 aliphatic carbocycles. The van der Waals surface area contributed by atoms with Gasteiger partial charge >= 0.3 is 0 Å². The van der Waals surface area contributed by atoms with Gasteiger partial charge in [-0.25, -0.2) is 0 Å². The predicted molar refractivity (Wildman–Crippen MR) is 74.4 cm³/mol. The number of ether oxygens (including phenoxy) is 6. The highest BCUT2D eigenvalue weighted by Gasteiger charge is 2.34. The van der Waals surface area contributed by atoms with E-state index in [9.17, 15) is 0 Å². The van der Waals surface area contributed by atoms with Crippen LogP contribution in [0, 0.1) is 5.41 Å². The molecule has 0 saturated carbocycles. The predicted octanol–water partition coefficient (Wildman–Crippen LogP) is 0.629. The standard InChI is InChI=1S/C15H26O6/c1-2-15(9-16-3-12-6-19-12,10-17-4-13-7-20-13)11-18-5-14-8-21-14/h12-14H,2-11H2,1H3/t12-,13-,14-/m1/s1. The van der Waals surface area contributed by atoms with E-state index in [2.05, 4.69) is 6.92 Å². The van der Waals surface area contributed by atoms with Crippen LogP contribution in [-0.4, -0.2) is 77.8 Å². The van der Waals surface area contributed by atoms with Crippen LogP contribution in [0.5, 0.6) is 0 Å². The minimum Gasteiger partial charge on any atom is -0.378 e. The molecule has 0 aromatic carbocycles. The second-order valence-corrected chi connectivity index (χ2v) is 6.26. The zero-order chi connectivity index (χ0) is 14.5. The lowest BCUT2D eigenvalue weighted by atomic mass is 9.88. The first-order chi connectivity index (χ1) is 10.3. The number of epoxide rings is 3. The second kappa shape index (κ2) is 7.35. The Labute approximate surface area is 126 Å². The number of hydrogen-bond acceptors (Lipinski definition) is 6. The summed E-state index contributed by atoms with van der Waals surface area (Å²) in [4.78, 5) is 0. The first-order valence-corrected chi connectivity index (χ1v) is 7.88. The summed E-state index contributed by atoms with van der Waals surface area (Å²) >= 11 is 0. The molecule has 0 aromatic heterocycles. The monoisotopic (exact) mass is 302 g/mol. The maximum atomic E-state index is 5.81. The first-order valence-electron chi connectivity index (χ1n) is 7.88. The smallest absolute Gasteiger partial charge is 0.104 e. The van der Waals surface area contributed by atoms with Gasteiger partial charge in [0.1, 0.15) is 18.3 Å². The van der Waals surface area contributed by atoms with Crippen LogP contribution in [0.3, 0.4) is 0 Å². The zero-order valence-electron chi connectivity index (χ0n) is 12.8. The molecule has 3 saturated heterocycles. The van der Waals surface area contributed by atoms with Crippen molar-refractivity contribution < 1.29 is 28.4 Å². The van der Waals surface area contributed by atoms with Crippen molar-refractivity contribution in [1.82, 2.24) is 0 Å². The third-order valence-electron chi connectivity index (χ3n) is 4.09. The Morgan fingerprint density at radius 3 is 1.33 bits per heavy atom. The highest BCUT2D eigenvalue weighted by atomic mass is 16.6. The van der Waals surface area contributed by atoms with Gasteiger partial charge in [0.05, 0.1) is 59.5 Å². The molecule has 122 valence electrons. The molecule has 6 nitrogen and oxygen atoms in total. The van der Waals surface area contributed by atoms with Gasteiger partial charge in [-0.15, -0.1) is 0 Å². The average molecular weight is 302 g/mol. The molecule has 0 N–H and O–H groups in total. The van der Waals surface area contributed by atoms with E-state index in [1.807, 2.05) is 0 Å². The molecule has 3 atom stereocenters. The van der Waals surface area contributed by atoms with Gasteiger partial charge in [-0.3, -0.25) is 0 Å². The van der Waals surface area contributed by atoms with E-state index in [0.29, 0.717) is 58.0 Å². The van der Waals surface area contributed by atoms with Gasteiger partial charge in [-0.1, -0.05) is 6.92 Å². The maximum absolute atomic E-state index is 5.81. The van der Waals surface area contributed by atoms with Gasteiger partial charge in [0, 0.05) is 5.41 Å². The summed E-state index contributed by atoms with van der Waals surface area (Å²) in [6.07, 6.45) is 1.83. The van der Waals surface area contributed by atoms with Gasteiger partial charge in [-0.2, -0.15) is 0 Å². The largest absolute Gasteiger partial charge is 0.378 e. The molecule has 6 heteroatoms. The molecule has 0 spiro atoms. The molecule has 3 rings (SSSR count). The van der Waals surface area contributed by atoms with Crippen LogP contribution in [0.1, 0.15) is 13.3 Å². The summed E-state index contributed by atoms with van der Waals surface area (Å²) in [6, 6.07) is 0. The molecule has 0 radical (unpaired) electrons. The van der Waals surface area contributed by atoms with Crippen molar-refractivity contribution in [2.75, 3.05) is 59.5 Å². The van der Waals surface area contributed by atoms with Crippen molar-refractivity contribution in [1.29, 1.82) is 0 Å². The molecule has 3 aliphatic rings. The molecule has 21 heavy (non-hydrogen) atoms. The lowest BCUT2D eigenvalue weighted by molar-refractivity contribution is -0.0762. The van der Waals surface area contributed by atoms with Crippen molar-refractivity contribution >= 4 is 0 Å². The normalized spacial score (nSPS) is 30.4. The van der Waals surface area contributed by atoms with E-state index in [1.54, 1.807) is 0 Å². The topological polar surface area (TPSA) is 65.3 Å². The minimum atomic E-state index is -0.0985. The van der Waals surface area contributed by atoms with Crippen LogP contribution in [0.2, 0.25) is 0 Å². The third-order valence-corrected chi connectivity index (χ3v) is 4.09. The van der Waals surface area contributed by atoms with Crippen molar-refractivity contribution in [3.8, 4) is 0 Å². The van der Waals surface area contributed by atoms with E-state index in [-0.39, 0.29) is 5.41 Å². The SMILES string of the molecule is CCC(COC[C@@H]1CO1)(COC[C@@H]1CO1)COC[C@@H]1CO1. The third kappa shape index (κ3) is 5.81. The Bertz CT molecular complexity index is 266. The molecule has 0 unspecified atom stereocenters. The Balaban J connectivity index is 1.41. The molecular formula is C15H26O6. The van der Waals surface area contributed by atoms with Crippen molar-refractivity contribution in [3.05, 3.63) is 0 Å². The highest BCUT2D eigenvalue weighted by molar-refractivity contribution is 4.80. The summed E-state index contributed by atoms with van der Waals surface area (Å²) in [6.45, 7) is 8.54. The summed E-state index contributed by atoms with van der Waals surface area (Å²) in [5, 5.41) is 0. The highest BCUT2D eigenvalue weighted by Crippen LogP contribution is 2.26. The number of rotatable bonds is 13. The van der Waals surface area contributed by atoms with Crippen LogP contribution < -0.4 is 0 Å². The minimum absolute atomic E-state index is 0.0985. The first kappa shape index (κ1) is 15.6. The molecule has 0 bridgehead atoms. The van der Waals surface area contributed by atoms with E-state index in [4.69, 9.17) is 28.4 Å². The quantitative estimate of drug-likeness (QED) is 0.465. The van der Waals surface area contributed by atoms with Crippen molar-refractivity contribution in [3.63, 3.8) is 0 Å². The van der Waals surface area contributed by atoms with E-state index in [0.717, 1.165) is 26.2 Å². The maximum Gasteiger partial charge on any atom is 0.104 e. The fraction of sp³-hybridized carbons (Fsp3) is 1.00. The Morgan fingerprint density at radius 1 is 0.762 bits per heavy atom. The van der Waals surface area contributed by atoms with Gasteiger partial charge in [-0.05, 0) is 6.42 Å². The van der Waals surface area contributed by atoms with Crippen LogP contribution in [0.4, 0.5) is 0 Å². The molecule has 3 fully saturated rings. The lowest BCUT2D eigenvalue weighted by Gasteiger charge is -2.32. The molecular weight excluding hydrogens is 276 g/mol. The van der Waals surface area contributed by atoms with Crippen molar-refractivity contribution in [2.24, 2.45) is 5.41 Å². The fourth-order valence-electron chi connectivity index (χ4n) is 2.14. The van der Waals surface area contributed by atoms with Crippen molar-refractivity contribution in [2.45, 2.75) is 31.7 Å². The Hall–Kier alpha value is -0.240. The zero-order valence-corrected chi connectivity index (χ0v) is 12.8. The molecule has 0 amide bonds. The summed E-state index contributed by atoms with van der Waals surface area (Å²) in [5.74, 6) is 0.